The van der Waals surface area contributed by atoms with E-state index in [0.717, 1.165) is 54.4 Å². The minimum Gasteiger partial charge on any atom is -0.354 e. The molecule has 2 aromatic heterocycles. The highest BCUT2D eigenvalue weighted by Gasteiger charge is 2.28. The van der Waals surface area contributed by atoms with Gasteiger partial charge in [0.05, 0.1) is 17.3 Å². The number of anilines is 2. The van der Waals surface area contributed by atoms with Crippen molar-refractivity contribution in [2.75, 3.05) is 23.3 Å². The van der Waals surface area contributed by atoms with Gasteiger partial charge in [0.1, 0.15) is 5.82 Å². The number of carbonyl (C=O) groups is 1. The quantitative estimate of drug-likeness (QED) is 0.652. The van der Waals surface area contributed by atoms with Crippen LogP contribution in [0.2, 0.25) is 0 Å². The van der Waals surface area contributed by atoms with Gasteiger partial charge in [0.2, 0.25) is 5.91 Å². The third-order valence-corrected chi connectivity index (χ3v) is 7.06. The second-order valence-corrected chi connectivity index (χ2v) is 9.24. The third kappa shape index (κ3) is 4.44. The zero-order valence-corrected chi connectivity index (χ0v) is 18.0. The van der Waals surface area contributed by atoms with Crippen LogP contribution in [0.15, 0.2) is 36.4 Å². The molecule has 0 radical (unpaired) electrons. The van der Waals surface area contributed by atoms with Gasteiger partial charge in [0.15, 0.2) is 10.9 Å². The van der Waals surface area contributed by atoms with Gasteiger partial charge in [-0.2, -0.15) is 0 Å². The molecular weight excluding hydrogens is 413 g/mol. The lowest BCUT2D eigenvalue weighted by Gasteiger charge is -2.32. The lowest BCUT2D eigenvalue weighted by atomic mass is 9.97. The van der Waals surface area contributed by atoms with E-state index in [1.54, 1.807) is 23.5 Å². The molecule has 1 aromatic carbocycles. The number of nitrogens with one attached hydrogen (secondary N) is 1. The number of amides is 1. The van der Waals surface area contributed by atoms with Crippen LogP contribution in [0.4, 0.5) is 15.3 Å². The van der Waals surface area contributed by atoms with E-state index in [1.165, 1.54) is 29.9 Å². The van der Waals surface area contributed by atoms with Crippen LogP contribution in [0.3, 0.4) is 0 Å². The predicted octanol–water partition coefficient (Wildman–Crippen LogP) is 4.47. The number of hydrogen-bond acceptors (Lipinski definition) is 6. The van der Waals surface area contributed by atoms with Crippen molar-refractivity contribution in [3.05, 3.63) is 52.8 Å². The van der Waals surface area contributed by atoms with Gasteiger partial charge in [0.25, 0.3) is 0 Å². The Balaban J connectivity index is 1.24. The van der Waals surface area contributed by atoms with Gasteiger partial charge in [-0.05, 0) is 74.9 Å². The fourth-order valence-electron chi connectivity index (χ4n) is 4.28. The Labute approximate surface area is 184 Å². The van der Waals surface area contributed by atoms with Crippen LogP contribution >= 0.6 is 11.3 Å². The number of halogens is 1. The highest BCUT2D eigenvalue weighted by molar-refractivity contribution is 7.15. The fraction of sp³-hybridized carbons (Fsp3) is 0.391. The molecule has 5 rings (SSSR count). The van der Waals surface area contributed by atoms with Crippen molar-refractivity contribution >= 4 is 28.2 Å². The number of hydrogen-bond donors (Lipinski definition) is 1. The molecule has 0 bridgehead atoms. The summed E-state index contributed by atoms with van der Waals surface area (Å²) in [6.07, 6.45) is 6.27. The van der Waals surface area contributed by atoms with Crippen molar-refractivity contribution in [1.29, 1.82) is 0 Å². The van der Waals surface area contributed by atoms with Crippen LogP contribution in [-0.4, -0.2) is 34.2 Å². The molecule has 0 spiro atoms. The van der Waals surface area contributed by atoms with Gasteiger partial charge in [0, 0.05) is 23.5 Å². The Hall–Kier alpha value is -2.87. The molecule has 1 unspecified atom stereocenters. The molecule has 1 aliphatic carbocycles. The molecule has 3 heterocycles. The normalized spacial score (nSPS) is 18.5. The Morgan fingerprint density at radius 2 is 1.90 bits per heavy atom. The van der Waals surface area contributed by atoms with Crippen molar-refractivity contribution in [1.82, 2.24) is 15.2 Å². The summed E-state index contributed by atoms with van der Waals surface area (Å²) in [6.45, 7) is 1.46. The van der Waals surface area contributed by atoms with E-state index in [2.05, 4.69) is 25.4 Å². The Kier molecular flexibility index (Phi) is 5.63. The first-order valence-corrected chi connectivity index (χ1v) is 11.6. The minimum absolute atomic E-state index is 0.0340. The summed E-state index contributed by atoms with van der Waals surface area (Å²) >= 11 is 1.62. The number of rotatable bonds is 4. The van der Waals surface area contributed by atoms with Gasteiger partial charge in [-0.15, -0.1) is 21.5 Å². The predicted molar refractivity (Wildman–Crippen MR) is 120 cm³/mol. The molecule has 0 saturated carbocycles. The molecule has 31 heavy (non-hydrogen) atoms. The average Bonchev–Trinajstić information content (AvgIpc) is 3.22. The van der Waals surface area contributed by atoms with E-state index in [4.69, 9.17) is 0 Å². The molecule has 2 aliphatic rings. The van der Waals surface area contributed by atoms with E-state index < -0.39 is 0 Å². The highest BCUT2D eigenvalue weighted by Crippen LogP contribution is 2.30. The summed E-state index contributed by atoms with van der Waals surface area (Å²) in [5.74, 6) is 0.414. The third-order valence-electron chi connectivity index (χ3n) is 5.98. The molecule has 1 fully saturated rings. The number of nitrogens with zero attached hydrogens (tertiary/aromatic N) is 4. The first-order valence-electron chi connectivity index (χ1n) is 10.8. The first kappa shape index (κ1) is 20.1. The molecule has 1 N–H and O–H groups in total. The number of carbonyl (C=O) groups excluding carboxylic acids is 1. The summed E-state index contributed by atoms with van der Waals surface area (Å²) in [7, 11) is 0. The van der Waals surface area contributed by atoms with E-state index >= 15 is 0 Å². The van der Waals surface area contributed by atoms with Crippen molar-refractivity contribution in [2.45, 2.75) is 38.5 Å². The number of aryl methyl sites for hydroxylation is 2. The van der Waals surface area contributed by atoms with Gasteiger partial charge in [-0.3, -0.25) is 4.79 Å². The number of benzene rings is 1. The molecule has 3 aromatic rings. The summed E-state index contributed by atoms with van der Waals surface area (Å²) in [5.41, 5.74) is 2.68. The monoisotopic (exact) mass is 437 g/mol. The summed E-state index contributed by atoms with van der Waals surface area (Å²) < 4.78 is 13.1. The Bertz CT molecular complexity index is 1040. The molecular formula is C23H24FN5OS. The van der Waals surface area contributed by atoms with Crippen LogP contribution in [0.1, 0.15) is 36.3 Å². The van der Waals surface area contributed by atoms with Crippen molar-refractivity contribution in [2.24, 2.45) is 5.92 Å². The Morgan fingerprint density at radius 3 is 2.68 bits per heavy atom. The molecule has 160 valence electrons. The zero-order valence-electron chi connectivity index (χ0n) is 17.2. The van der Waals surface area contributed by atoms with Crippen LogP contribution in [-0.2, 0) is 17.6 Å². The SMILES string of the molecule is O=C(Nc1nc2c(s1)CCCC2)C1CCCN(c2ccc(-c3ccc(F)cc3)nn2)C1. The van der Waals surface area contributed by atoms with Crippen LogP contribution in [0.5, 0.6) is 0 Å². The maximum absolute atomic E-state index is 13.1. The van der Waals surface area contributed by atoms with Gasteiger partial charge < -0.3 is 10.2 Å². The van der Waals surface area contributed by atoms with E-state index in [9.17, 15) is 9.18 Å². The smallest absolute Gasteiger partial charge is 0.231 e. The maximum atomic E-state index is 13.1. The van der Waals surface area contributed by atoms with Crippen LogP contribution in [0, 0.1) is 11.7 Å². The largest absolute Gasteiger partial charge is 0.354 e. The molecule has 1 atom stereocenters. The molecule has 6 nitrogen and oxygen atoms in total. The van der Waals surface area contributed by atoms with Crippen molar-refractivity contribution in [3.8, 4) is 11.3 Å². The zero-order chi connectivity index (χ0) is 21.2. The van der Waals surface area contributed by atoms with Crippen molar-refractivity contribution in [3.63, 3.8) is 0 Å². The number of fused-ring (bicyclic) bond motifs is 1. The molecule has 8 heteroatoms. The molecule has 1 aliphatic heterocycles. The summed E-state index contributed by atoms with van der Waals surface area (Å²) in [5, 5.41) is 12.5. The van der Waals surface area contributed by atoms with Gasteiger partial charge in [-0.25, -0.2) is 9.37 Å². The Morgan fingerprint density at radius 1 is 1.06 bits per heavy atom. The van der Waals surface area contributed by atoms with E-state index in [0.29, 0.717) is 12.2 Å². The topological polar surface area (TPSA) is 71.0 Å². The van der Waals surface area contributed by atoms with Crippen molar-refractivity contribution < 1.29 is 9.18 Å². The summed E-state index contributed by atoms with van der Waals surface area (Å²) in [4.78, 5) is 21.0. The van der Waals surface area contributed by atoms with E-state index in [-0.39, 0.29) is 17.6 Å². The number of aromatic nitrogens is 3. The highest BCUT2D eigenvalue weighted by atomic mass is 32.1. The lowest BCUT2D eigenvalue weighted by Crippen LogP contribution is -2.41. The minimum atomic E-state index is -0.274. The molecule has 1 amide bonds. The summed E-state index contributed by atoms with van der Waals surface area (Å²) in [6, 6.07) is 10.0. The standard InChI is InChI=1S/C23H24FN5OS/c24-17-9-7-15(8-10-17)18-11-12-21(28-27-18)29-13-3-4-16(14-29)22(30)26-23-25-19-5-1-2-6-20(19)31-23/h7-12,16H,1-6,13-14H2,(H,25,26,30). The van der Waals surface area contributed by atoms with Gasteiger partial charge in [-0.1, -0.05) is 0 Å². The van der Waals surface area contributed by atoms with Crippen LogP contribution < -0.4 is 10.2 Å². The maximum Gasteiger partial charge on any atom is 0.231 e. The lowest BCUT2D eigenvalue weighted by molar-refractivity contribution is -0.120. The van der Waals surface area contributed by atoms with E-state index in [1.807, 2.05) is 12.1 Å². The number of piperidine rings is 1. The van der Waals surface area contributed by atoms with Crippen LogP contribution in [0.25, 0.3) is 11.3 Å². The van der Waals surface area contributed by atoms with Gasteiger partial charge >= 0.3 is 0 Å². The fourth-order valence-corrected chi connectivity index (χ4v) is 5.33. The molecule has 1 saturated heterocycles. The second kappa shape index (κ2) is 8.70. The first-order chi connectivity index (χ1) is 15.2. The second-order valence-electron chi connectivity index (χ2n) is 8.15. The average molecular weight is 438 g/mol. The number of thiazole rings is 1.